The van der Waals surface area contributed by atoms with Gasteiger partial charge in [-0.1, -0.05) is 53.5 Å². The zero-order valence-corrected chi connectivity index (χ0v) is 18.5. The van der Waals surface area contributed by atoms with Crippen molar-refractivity contribution in [2.24, 2.45) is 0 Å². The Labute approximate surface area is 178 Å². The Balaban J connectivity index is 2.10. The van der Waals surface area contributed by atoms with E-state index < -0.39 is 6.10 Å². The molecule has 0 aliphatic heterocycles. The van der Waals surface area contributed by atoms with Gasteiger partial charge in [0.15, 0.2) is 6.61 Å². The van der Waals surface area contributed by atoms with E-state index in [-0.39, 0.29) is 25.0 Å². The summed E-state index contributed by atoms with van der Waals surface area (Å²) in [6.07, 6.45) is -0.0166. The molecular weight excluding hydrogens is 446 g/mol. The van der Waals surface area contributed by atoms with Crippen molar-refractivity contribution in [3.63, 3.8) is 0 Å². The van der Waals surface area contributed by atoms with Gasteiger partial charge >= 0.3 is 0 Å². The molecule has 0 heterocycles. The summed E-state index contributed by atoms with van der Waals surface area (Å²) in [5.41, 5.74) is 2.83. The lowest BCUT2D eigenvalue weighted by Gasteiger charge is -2.14. The van der Waals surface area contributed by atoms with Crippen molar-refractivity contribution in [1.82, 2.24) is 5.32 Å². The Morgan fingerprint density at radius 1 is 1.25 bits per heavy atom. The molecule has 0 aliphatic carbocycles. The maximum absolute atomic E-state index is 11.7. The first kappa shape index (κ1) is 22.5. The summed E-state index contributed by atoms with van der Waals surface area (Å²) in [5, 5.41) is 22.3. The average molecular weight is 471 g/mol. The first-order valence-electron chi connectivity index (χ1n) is 9.04. The molecule has 5 nitrogen and oxygen atoms in total. The van der Waals surface area contributed by atoms with Crippen molar-refractivity contribution in [1.29, 1.82) is 0 Å². The summed E-state index contributed by atoms with van der Waals surface area (Å²) in [4.78, 5) is 11.7. The molecule has 1 amide bonds. The van der Waals surface area contributed by atoms with E-state index in [1.54, 1.807) is 25.1 Å². The van der Waals surface area contributed by atoms with Crippen LogP contribution in [0, 0.1) is 0 Å². The number of benzene rings is 2. The van der Waals surface area contributed by atoms with Gasteiger partial charge in [0.1, 0.15) is 11.5 Å². The molecule has 1 unspecified atom stereocenters. The minimum Gasteiger partial charge on any atom is -0.508 e. The molecule has 1 atom stereocenters. The summed E-state index contributed by atoms with van der Waals surface area (Å²) in [6.45, 7) is 5.67. The SMILES string of the molecule is CC(O)CNC(=O)COc1cc(Cl)c(Cc2ccc(O)c(C(C)C)c2)c(Br)c1. The molecule has 7 heteroatoms. The van der Waals surface area contributed by atoms with Crippen LogP contribution in [0.3, 0.4) is 0 Å². The maximum atomic E-state index is 11.7. The zero-order chi connectivity index (χ0) is 20.8. The molecule has 0 aliphatic rings. The Hall–Kier alpha value is -1.76. The number of ether oxygens (including phenoxy) is 1. The van der Waals surface area contributed by atoms with Gasteiger partial charge in [0, 0.05) is 22.5 Å². The van der Waals surface area contributed by atoms with E-state index >= 15 is 0 Å². The lowest BCUT2D eigenvalue weighted by molar-refractivity contribution is -0.123. The number of hydrogen-bond donors (Lipinski definition) is 3. The molecule has 152 valence electrons. The number of amides is 1. The predicted octanol–water partition coefficient (Wildman–Crippen LogP) is 4.40. The van der Waals surface area contributed by atoms with Crippen LogP contribution in [0.2, 0.25) is 5.02 Å². The van der Waals surface area contributed by atoms with Gasteiger partial charge in [-0.15, -0.1) is 0 Å². The van der Waals surface area contributed by atoms with Crippen molar-refractivity contribution in [2.75, 3.05) is 13.2 Å². The van der Waals surface area contributed by atoms with E-state index in [9.17, 15) is 15.0 Å². The highest BCUT2D eigenvalue weighted by molar-refractivity contribution is 9.10. The van der Waals surface area contributed by atoms with E-state index in [1.807, 2.05) is 26.0 Å². The van der Waals surface area contributed by atoms with Crippen molar-refractivity contribution in [3.8, 4) is 11.5 Å². The number of phenols is 1. The van der Waals surface area contributed by atoms with Gasteiger partial charge in [-0.25, -0.2) is 0 Å². The third kappa shape index (κ3) is 6.40. The normalized spacial score (nSPS) is 12.1. The van der Waals surface area contributed by atoms with Crippen molar-refractivity contribution in [2.45, 2.75) is 39.2 Å². The molecule has 3 N–H and O–H groups in total. The molecule has 0 saturated carbocycles. The van der Waals surface area contributed by atoms with E-state index in [0.29, 0.717) is 22.9 Å². The summed E-state index contributed by atoms with van der Waals surface area (Å²) in [5.74, 6) is 0.667. The van der Waals surface area contributed by atoms with Gasteiger partial charge in [0.25, 0.3) is 5.91 Å². The molecule has 0 bridgehead atoms. The largest absolute Gasteiger partial charge is 0.508 e. The van der Waals surface area contributed by atoms with Crippen molar-refractivity contribution >= 4 is 33.4 Å². The minimum atomic E-state index is -0.608. The second-order valence-corrected chi connectivity index (χ2v) is 8.29. The fraction of sp³-hybridized carbons (Fsp3) is 0.381. The van der Waals surface area contributed by atoms with E-state index in [0.717, 1.165) is 21.2 Å². The van der Waals surface area contributed by atoms with Gasteiger partial charge in [0.2, 0.25) is 0 Å². The van der Waals surface area contributed by atoms with Crippen LogP contribution >= 0.6 is 27.5 Å². The number of aromatic hydroxyl groups is 1. The highest BCUT2D eigenvalue weighted by atomic mass is 79.9. The molecule has 2 aromatic carbocycles. The van der Waals surface area contributed by atoms with Crippen LogP contribution in [0.5, 0.6) is 11.5 Å². The number of carbonyl (C=O) groups is 1. The first-order chi connectivity index (χ1) is 13.2. The molecule has 2 rings (SSSR count). The highest BCUT2D eigenvalue weighted by Gasteiger charge is 2.13. The third-order valence-corrected chi connectivity index (χ3v) is 5.22. The van der Waals surface area contributed by atoms with Crippen LogP contribution in [-0.2, 0) is 11.2 Å². The topological polar surface area (TPSA) is 78.8 Å². The monoisotopic (exact) mass is 469 g/mol. The Bertz CT molecular complexity index is 816. The van der Waals surface area contributed by atoms with E-state index in [2.05, 4.69) is 21.2 Å². The number of rotatable bonds is 8. The summed E-state index contributed by atoms with van der Waals surface area (Å²) in [7, 11) is 0. The van der Waals surface area contributed by atoms with Gasteiger partial charge in [-0.05, 0) is 47.7 Å². The number of aliphatic hydroxyl groups excluding tert-OH is 1. The van der Waals surface area contributed by atoms with Crippen LogP contribution < -0.4 is 10.1 Å². The van der Waals surface area contributed by atoms with Crippen molar-refractivity contribution in [3.05, 3.63) is 56.5 Å². The van der Waals surface area contributed by atoms with Gasteiger partial charge < -0.3 is 20.3 Å². The van der Waals surface area contributed by atoms with Crippen LogP contribution in [0.15, 0.2) is 34.8 Å². The quantitative estimate of drug-likeness (QED) is 0.534. The van der Waals surface area contributed by atoms with E-state index in [4.69, 9.17) is 16.3 Å². The fourth-order valence-electron chi connectivity index (χ4n) is 2.67. The standard InChI is InChI=1S/C21H25BrClNO4/c1-12(2)16-6-14(4-5-20(16)26)7-17-18(22)8-15(9-19(17)23)28-11-21(27)24-10-13(3)25/h4-6,8-9,12-13,25-26H,7,10-11H2,1-3H3,(H,24,27). The number of aliphatic hydroxyl groups is 1. The van der Waals surface area contributed by atoms with Gasteiger partial charge in [-0.3, -0.25) is 4.79 Å². The average Bonchev–Trinajstić information content (AvgIpc) is 2.62. The number of phenolic OH excluding ortho intramolecular Hbond substituents is 1. The number of hydrogen-bond acceptors (Lipinski definition) is 4. The van der Waals surface area contributed by atoms with E-state index in [1.165, 1.54) is 0 Å². The van der Waals surface area contributed by atoms with Gasteiger partial charge in [-0.2, -0.15) is 0 Å². The Morgan fingerprint density at radius 3 is 2.57 bits per heavy atom. The lowest BCUT2D eigenvalue weighted by atomic mass is 9.96. The van der Waals surface area contributed by atoms with Crippen molar-refractivity contribution < 1.29 is 19.7 Å². The predicted molar refractivity (Wildman–Crippen MR) is 114 cm³/mol. The highest BCUT2D eigenvalue weighted by Crippen LogP contribution is 2.34. The molecule has 28 heavy (non-hydrogen) atoms. The van der Waals surface area contributed by atoms with Gasteiger partial charge in [0.05, 0.1) is 6.10 Å². The lowest BCUT2D eigenvalue weighted by Crippen LogP contribution is -2.34. The number of carbonyl (C=O) groups excluding carboxylic acids is 1. The Morgan fingerprint density at radius 2 is 1.96 bits per heavy atom. The van der Waals surface area contributed by atoms with Crippen LogP contribution in [0.25, 0.3) is 0 Å². The van der Waals surface area contributed by atoms with Crippen LogP contribution in [-0.4, -0.2) is 35.4 Å². The second kappa shape index (κ2) is 10.1. The van der Waals surface area contributed by atoms with Crippen LogP contribution in [0.4, 0.5) is 0 Å². The zero-order valence-electron chi connectivity index (χ0n) is 16.1. The summed E-state index contributed by atoms with van der Waals surface area (Å²) < 4.78 is 6.27. The molecule has 2 aromatic rings. The fourth-order valence-corrected chi connectivity index (χ4v) is 3.64. The maximum Gasteiger partial charge on any atom is 0.258 e. The Kier molecular flexibility index (Phi) is 8.16. The minimum absolute atomic E-state index is 0.162. The first-order valence-corrected chi connectivity index (χ1v) is 10.2. The molecule has 0 saturated heterocycles. The molecule has 0 radical (unpaired) electrons. The molecule has 0 aromatic heterocycles. The molecule has 0 fully saturated rings. The molecule has 0 spiro atoms. The summed E-state index contributed by atoms with van der Waals surface area (Å²) in [6, 6.07) is 9.01. The van der Waals surface area contributed by atoms with Crippen LogP contribution in [0.1, 0.15) is 43.4 Å². The number of nitrogens with one attached hydrogen (secondary N) is 1. The second-order valence-electron chi connectivity index (χ2n) is 7.03. The smallest absolute Gasteiger partial charge is 0.258 e. The third-order valence-electron chi connectivity index (χ3n) is 4.17. The molecular formula is C21H25BrClNO4. The summed E-state index contributed by atoms with van der Waals surface area (Å²) >= 11 is 9.97. The number of halogens is 2.